The van der Waals surface area contributed by atoms with E-state index in [0.29, 0.717) is 26.2 Å². The zero-order valence-corrected chi connectivity index (χ0v) is 12.2. The lowest BCUT2D eigenvalue weighted by atomic mass is 10.3. The smallest absolute Gasteiger partial charge is 0.239 e. The van der Waals surface area contributed by atoms with Crippen LogP contribution in [0.25, 0.3) is 0 Å². The fourth-order valence-electron chi connectivity index (χ4n) is 2.13. The first-order valence-corrected chi connectivity index (χ1v) is 7.47. The molecule has 1 aliphatic heterocycles. The van der Waals surface area contributed by atoms with Gasteiger partial charge in [-0.05, 0) is 11.4 Å². The van der Waals surface area contributed by atoms with Crippen LogP contribution in [0.2, 0.25) is 0 Å². The van der Waals surface area contributed by atoms with Crippen LogP contribution in [0.5, 0.6) is 0 Å². The number of carbonyl (C=O) groups is 2. The van der Waals surface area contributed by atoms with Crippen molar-refractivity contribution in [3.63, 3.8) is 0 Å². The average molecular weight is 293 g/mol. The molecule has 0 bridgehead atoms. The molecule has 20 heavy (non-hydrogen) atoms. The van der Waals surface area contributed by atoms with E-state index in [-0.39, 0.29) is 18.4 Å². The van der Waals surface area contributed by atoms with Crippen LogP contribution in [0.15, 0.2) is 30.2 Å². The van der Waals surface area contributed by atoms with Crippen molar-refractivity contribution in [2.45, 2.75) is 6.54 Å². The summed E-state index contributed by atoms with van der Waals surface area (Å²) in [6.45, 7) is 6.73. The second kappa shape index (κ2) is 7.21. The van der Waals surface area contributed by atoms with Gasteiger partial charge in [-0.2, -0.15) is 0 Å². The second-order valence-corrected chi connectivity index (χ2v) is 5.74. The van der Waals surface area contributed by atoms with Crippen molar-refractivity contribution < 1.29 is 9.59 Å². The molecule has 0 saturated carbocycles. The molecule has 0 atom stereocenters. The second-order valence-electron chi connectivity index (χ2n) is 4.70. The van der Waals surface area contributed by atoms with Crippen LogP contribution in [-0.4, -0.2) is 54.3 Å². The number of thiophene rings is 1. The molecule has 2 amide bonds. The fraction of sp³-hybridized carbons (Fsp3) is 0.429. The Morgan fingerprint density at radius 3 is 3.10 bits per heavy atom. The number of hydrogen-bond acceptors (Lipinski definition) is 4. The van der Waals surface area contributed by atoms with E-state index in [4.69, 9.17) is 0 Å². The number of nitrogens with one attached hydrogen (secondary N) is 1. The zero-order valence-electron chi connectivity index (χ0n) is 11.4. The maximum atomic E-state index is 12.2. The van der Waals surface area contributed by atoms with Crippen molar-refractivity contribution in [1.29, 1.82) is 0 Å². The van der Waals surface area contributed by atoms with E-state index in [2.05, 4.69) is 18.0 Å². The van der Waals surface area contributed by atoms with Gasteiger partial charge in [0.25, 0.3) is 0 Å². The van der Waals surface area contributed by atoms with E-state index in [9.17, 15) is 9.59 Å². The zero-order chi connectivity index (χ0) is 14.4. The predicted octanol–water partition coefficient (Wildman–Crippen LogP) is 0.695. The fourth-order valence-corrected chi connectivity index (χ4v) is 2.88. The highest BCUT2D eigenvalue weighted by Gasteiger charge is 2.22. The Hall–Kier alpha value is -1.66. The minimum Gasteiger partial charge on any atom is -0.353 e. The largest absolute Gasteiger partial charge is 0.353 e. The van der Waals surface area contributed by atoms with Crippen LogP contribution in [0, 0.1) is 0 Å². The van der Waals surface area contributed by atoms with Crippen molar-refractivity contribution in [3.8, 4) is 0 Å². The molecule has 1 N–H and O–H groups in total. The molecule has 5 nitrogen and oxygen atoms in total. The van der Waals surface area contributed by atoms with E-state index in [0.717, 1.165) is 6.54 Å². The summed E-state index contributed by atoms with van der Waals surface area (Å²) in [6, 6.07) is 4.06. The molecule has 2 rings (SSSR count). The third kappa shape index (κ3) is 4.18. The first-order valence-electron chi connectivity index (χ1n) is 6.59. The van der Waals surface area contributed by atoms with Gasteiger partial charge in [0.15, 0.2) is 0 Å². The minimum absolute atomic E-state index is 0.00161. The Balaban J connectivity index is 1.91. The van der Waals surface area contributed by atoms with Gasteiger partial charge in [-0.25, -0.2) is 0 Å². The van der Waals surface area contributed by atoms with E-state index in [1.165, 1.54) is 4.88 Å². The molecule has 1 aromatic rings. The highest BCUT2D eigenvalue weighted by atomic mass is 32.1. The van der Waals surface area contributed by atoms with Gasteiger partial charge in [0, 0.05) is 31.1 Å². The summed E-state index contributed by atoms with van der Waals surface area (Å²) in [6.07, 6.45) is 1.80. The summed E-state index contributed by atoms with van der Waals surface area (Å²) in [5, 5.41) is 4.75. The van der Waals surface area contributed by atoms with Gasteiger partial charge in [0.2, 0.25) is 11.8 Å². The molecular weight excluding hydrogens is 274 g/mol. The van der Waals surface area contributed by atoms with Crippen LogP contribution in [0.4, 0.5) is 0 Å². The number of hydrogen-bond donors (Lipinski definition) is 1. The summed E-state index contributed by atoms with van der Waals surface area (Å²) < 4.78 is 0. The molecule has 0 spiro atoms. The lowest BCUT2D eigenvalue weighted by molar-refractivity contribution is -0.139. The average Bonchev–Trinajstić information content (AvgIpc) is 2.92. The molecule has 0 unspecified atom stereocenters. The van der Waals surface area contributed by atoms with Gasteiger partial charge in [-0.1, -0.05) is 12.1 Å². The summed E-state index contributed by atoms with van der Waals surface area (Å²) >= 11 is 1.68. The van der Waals surface area contributed by atoms with Gasteiger partial charge in [0.1, 0.15) is 0 Å². The predicted molar refractivity (Wildman–Crippen MR) is 79.4 cm³/mol. The van der Waals surface area contributed by atoms with Crippen LogP contribution < -0.4 is 5.32 Å². The van der Waals surface area contributed by atoms with Gasteiger partial charge < -0.3 is 10.2 Å². The third-order valence-corrected chi connectivity index (χ3v) is 3.96. The standard InChI is InChI=1S/C14H19N3O2S/c1-2-6-16(9-12-4-3-8-20-12)11-14(19)17-7-5-15-13(18)10-17/h2-4,8H,1,5-7,9-11H2,(H,15,18). The Morgan fingerprint density at radius 2 is 2.45 bits per heavy atom. The normalized spacial score (nSPS) is 15.2. The highest BCUT2D eigenvalue weighted by Crippen LogP contribution is 2.12. The van der Waals surface area contributed by atoms with E-state index in [1.54, 1.807) is 22.3 Å². The van der Waals surface area contributed by atoms with Crippen LogP contribution >= 0.6 is 11.3 Å². The van der Waals surface area contributed by atoms with E-state index >= 15 is 0 Å². The number of piperazine rings is 1. The number of carbonyl (C=O) groups excluding carboxylic acids is 2. The molecule has 1 fully saturated rings. The molecule has 0 aliphatic carbocycles. The Kier molecular flexibility index (Phi) is 5.31. The summed E-state index contributed by atoms with van der Waals surface area (Å²) in [4.78, 5) is 28.4. The van der Waals surface area contributed by atoms with E-state index < -0.39 is 0 Å². The quantitative estimate of drug-likeness (QED) is 0.785. The molecule has 0 aromatic carbocycles. The first-order chi connectivity index (χ1) is 9.69. The summed E-state index contributed by atoms with van der Waals surface area (Å²) in [7, 11) is 0. The van der Waals surface area contributed by atoms with Crippen molar-refractivity contribution in [2.24, 2.45) is 0 Å². The summed E-state index contributed by atoms with van der Waals surface area (Å²) in [5.74, 6) is -0.0867. The molecule has 1 aliphatic rings. The number of rotatable bonds is 6. The highest BCUT2D eigenvalue weighted by molar-refractivity contribution is 7.09. The maximum absolute atomic E-state index is 12.2. The topological polar surface area (TPSA) is 52.7 Å². The minimum atomic E-state index is -0.0851. The number of nitrogens with zero attached hydrogens (tertiary/aromatic N) is 2. The van der Waals surface area contributed by atoms with E-state index in [1.807, 2.05) is 16.3 Å². The Morgan fingerprint density at radius 1 is 1.60 bits per heavy atom. The molecule has 1 saturated heterocycles. The number of amides is 2. The Labute approximate surface area is 122 Å². The lowest BCUT2D eigenvalue weighted by Crippen LogP contribution is -2.52. The van der Waals surface area contributed by atoms with Crippen molar-refractivity contribution >= 4 is 23.2 Å². The SMILES string of the molecule is C=CCN(CC(=O)N1CCNC(=O)C1)Cc1cccs1. The maximum Gasteiger partial charge on any atom is 0.239 e. The summed E-state index contributed by atoms with van der Waals surface area (Å²) in [5.41, 5.74) is 0. The molecular formula is C14H19N3O2S. The molecule has 6 heteroatoms. The Bertz CT molecular complexity index is 473. The van der Waals surface area contributed by atoms with Crippen molar-refractivity contribution in [1.82, 2.24) is 15.1 Å². The van der Waals surface area contributed by atoms with Gasteiger partial charge >= 0.3 is 0 Å². The van der Waals surface area contributed by atoms with Gasteiger partial charge in [-0.3, -0.25) is 14.5 Å². The van der Waals surface area contributed by atoms with Crippen LogP contribution in [-0.2, 0) is 16.1 Å². The monoisotopic (exact) mass is 293 g/mol. The van der Waals surface area contributed by atoms with Gasteiger partial charge in [0.05, 0.1) is 13.1 Å². The third-order valence-electron chi connectivity index (χ3n) is 3.10. The lowest BCUT2D eigenvalue weighted by Gasteiger charge is -2.29. The first kappa shape index (κ1) is 14.7. The van der Waals surface area contributed by atoms with Crippen molar-refractivity contribution in [2.75, 3.05) is 32.7 Å². The van der Waals surface area contributed by atoms with Gasteiger partial charge in [-0.15, -0.1) is 17.9 Å². The molecule has 108 valence electrons. The van der Waals surface area contributed by atoms with Crippen molar-refractivity contribution in [3.05, 3.63) is 35.0 Å². The molecule has 2 heterocycles. The van der Waals surface area contributed by atoms with Crippen LogP contribution in [0.3, 0.4) is 0 Å². The molecule has 1 aromatic heterocycles. The molecule has 0 radical (unpaired) electrons. The van der Waals surface area contributed by atoms with Crippen LogP contribution in [0.1, 0.15) is 4.88 Å².